The van der Waals surface area contributed by atoms with Crippen molar-refractivity contribution in [2.45, 2.75) is 0 Å². The number of aromatic nitrogens is 1. The summed E-state index contributed by atoms with van der Waals surface area (Å²) in [4.78, 5) is 16.3. The lowest BCUT2D eigenvalue weighted by Crippen LogP contribution is -2.35. The molecule has 0 radical (unpaired) electrons. The standard InChI is InChI=1S/C18H11F4N3O2S/c1-27-16-13(21)11(19)10(12(20)14(16)22)17(26)25-18(28)24-9-6-2-4-8-5-3-7-23-15(8)9/h2-7H,1H3,(H2,24,25,26,28). The number of ether oxygens (including phenoxy) is 1. The Bertz CT molecular complexity index is 1070. The number of thiocarbonyl (C=S) groups is 1. The molecule has 144 valence electrons. The molecule has 5 nitrogen and oxygen atoms in total. The van der Waals surface area contributed by atoms with Crippen LogP contribution in [0.25, 0.3) is 10.9 Å². The zero-order valence-electron chi connectivity index (χ0n) is 14.1. The molecule has 0 saturated carbocycles. The Balaban J connectivity index is 1.86. The summed E-state index contributed by atoms with van der Waals surface area (Å²) in [6.45, 7) is 0. The van der Waals surface area contributed by atoms with Gasteiger partial charge in [0.25, 0.3) is 5.91 Å². The third-order valence-electron chi connectivity index (χ3n) is 3.76. The number of methoxy groups -OCH3 is 1. The van der Waals surface area contributed by atoms with Crippen molar-refractivity contribution in [1.82, 2.24) is 10.3 Å². The van der Waals surface area contributed by atoms with Crippen molar-refractivity contribution >= 4 is 39.8 Å². The fraction of sp³-hybridized carbons (Fsp3) is 0.0556. The zero-order chi connectivity index (χ0) is 20.4. The summed E-state index contributed by atoms with van der Waals surface area (Å²) in [5, 5.41) is 5.07. The number of pyridine rings is 1. The fourth-order valence-corrected chi connectivity index (χ4v) is 2.72. The van der Waals surface area contributed by atoms with Crippen LogP contribution in [0.3, 0.4) is 0 Å². The van der Waals surface area contributed by atoms with Crippen LogP contribution in [0.4, 0.5) is 23.2 Å². The second-order valence-corrected chi connectivity index (χ2v) is 5.86. The van der Waals surface area contributed by atoms with Crippen LogP contribution in [0.1, 0.15) is 10.4 Å². The molecule has 0 aliphatic rings. The lowest BCUT2D eigenvalue weighted by Gasteiger charge is -2.13. The lowest BCUT2D eigenvalue weighted by molar-refractivity contribution is 0.0966. The highest BCUT2D eigenvalue weighted by molar-refractivity contribution is 7.80. The number of hydrogen-bond acceptors (Lipinski definition) is 4. The number of nitrogens with one attached hydrogen (secondary N) is 2. The van der Waals surface area contributed by atoms with E-state index in [1.165, 1.54) is 0 Å². The summed E-state index contributed by atoms with van der Waals surface area (Å²) in [5.74, 6) is -10.2. The van der Waals surface area contributed by atoms with Crippen molar-refractivity contribution in [3.8, 4) is 5.75 Å². The van der Waals surface area contributed by atoms with Gasteiger partial charge in [-0.2, -0.15) is 8.78 Å². The quantitative estimate of drug-likeness (QED) is 0.390. The predicted molar refractivity (Wildman–Crippen MR) is 98.3 cm³/mol. The topological polar surface area (TPSA) is 63.2 Å². The number of carbonyl (C=O) groups is 1. The minimum atomic E-state index is -1.90. The summed E-state index contributed by atoms with van der Waals surface area (Å²) in [5.41, 5.74) is -0.520. The van der Waals surface area contributed by atoms with Crippen molar-refractivity contribution < 1.29 is 27.1 Å². The Morgan fingerprint density at radius 1 is 1.04 bits per heavy atom. The van der Waals surface area contributed by atoms with Gasteiger partial charge in [0.2, 0.25) is 11.6 Å². The van der Waals surface area contributed by atoms with Crippen LogP contribution in [0.15, 0.2) is 36.5 Å². The zero-order valence-corrected chi connectivity index (χ0v) is 15.0. The molecule has 0 bridgehead atoms. The van der Waals surface area contributed by atoms with Crippen molar-refractivity contribution in [1.29, 1.82) is 0 Å². The largest absolute Gasteiger partial charge is 0.491 e. The smallest absolute Gasteiger partial charge is 0.263 e. The normalized spacial score (nSPS) is 10.6. The van der Waals surface area contributed by atoms with E-state index in [1.54, 1.807) is 36.5 Å². The highest BCUT2D eigenvalue weighted by atomic mass is 32.1. The average Bonchev–Trinajstić information content (AvgIpc) is 2.67. The number of halogens is 4. The van der Waals surface area contributed by atoms with Crippen LogP contribution in [0, 0.1) is 23.3 Å². The molecule has 3 aromatic rings. The van der Waals surface area contributed by atoms with E-state index in [-0.39, 0.29) is 5.11 Å². The molecule has 1 aromatic heterocycles. The minimum Gasteiger partial charge on any atom is -0.491 e. The summed E-state index contributed by atoms with van der Waals surface area (Å²) >= 11 is 4.95. The van der Waals surface area contributed by atoms with Crippen molar-refractivity contribution in [2.24, 2.45) is 0 Å². The van der Waals surface area contributed by atoms with E-state index in [9.17, 15) is 22.4 Å². The highest BCUT2D eigenvalue weighted by Crippen LogP contribution is 2.29. The van der Waals surface area contributed by atoms with Gasteiger partial charge in [-0.1, -0.05) is 18.2 Å². The van der Waals surface area contributed by atoms with E-state index in [0.29, 0.717) is 11.2 Å². The molecule has 0 fully saturated rings. The molecule has 0 unspecified atom stereocenters. The molecule has 0 spiro atoms. The van der Waals surface area contributed by atoms with E-state index < -0.39 is 40.5 Å². The van der Waals surface area contributed by atoms with Crippen molar-refractivity contribution in [3.05, 3.63) is 65.4 Å². The van der Waals surface area contributed by atoms with Crippen molar-refractivity contribution in [3.63, 3.8) is 0 Å². The number of hydrogen-bond donors (Lipinski definition) is 2. The van der Waals surface area contributed by atoms with Gasteiger partial charge in [-0.25, -0.2) is 8.78 Å². The molecule has 0 saturated heterocycles. The van der Waals surface area contributed by atoms with E-state index >= 15 is 0 Å². The first-order valence-corrected chi connectivity index (χ1v) is 8.12. The van der Waals surface area contributed by atoms with Gasteiger partial charge < -0.3 is 10.1 Å². The molecular weight excluding hydrogens is 398 g/mol. The predicted octanol–water partition coefficient (Wildman–Crippen LogP) is 3.93. The number of carbonyl (C=O) groups excluding carboxylic acids is 1. The van der Waals surface area contributed by atoms with Crippen LogP contribution in [-0.4, -0.2) is 23.1 Å². The molecule has 0 aliphatic carbocycles. The summed E-state index contributed by atoms with van der Waals surface area (Å²) in [7, 11) is 0.831. The van der Waals surface area contributed by atoms with Gasteiger partial charge in [0.15, 0.2) is 22.5 Å². The number of anilines is 1. The monoisotopic (exact) mass is 409 g/mol. The second kappa shape index (κ2) is 7.77. The molecule has 3 rings (SSSR count). The summed E-state index contributed by atoms with van der Waals surface area (Å²) in [6, 6.07) is 8.63. The minimum absolute atomic E-state index is 0.349. The molecule has 0 aliphatic heterocycles. The average molecular weight is 409 g/mol. The molecule has 0 atom stereocenters. The van der Waals surface area contributed by atoms with Gasteiger partial charge in [-0.05, 0) is 24.4 Å². The van der Waals surface area contributed by atoms with Crippen LogP contribution < -0.4 is 15.4 Å². The number of para-hydroxylation sites is 1. The summed E-state index contributed by atoms with van der Waals surface area (Å²) in [6.07, 6.45) is 1.54. The van der Waals surface area contributed by atoms with Crippen LogP contribution in [-0.2, 0) is 0 Å². The Labute approximate surface area is 161 Å². The molecule has 2 N–H and O–H groups in total. The number of rotatable bonds is 3. The Hall–Kier alpha value is -3.27. The molecule has 28 heavy (non-hydrogen) atoms. The number of nitrogens with zero attached hydrogens (tertiary/aromatic N) is 1. The molecular formula is C18H11F4N3O2S. The van der Waals surface area contributed by atoms with E-state index in [0.717, 1.165) is 12.5 Å². The molecule has 1 heterocycles. The Kier molecular flexibility index (Phi) is 5.41. The van der Waals surface area contributed by atoms with Gasteiger partial charge in [0.1, 0.15) is 5.56 Å². The van der Waals surface area contributed by atoms with Gasteiger partial charge in [-0.3, -0.25) is 15.1 Å². The number of amides is 1. The van der Waals surface area contributed by atoms with Crippen LogP contribution in [0.5, 0.6) is 5.75 Å². The fourth-order valence-electron chi connectivity index (χ4n) is 2.51. The van der Waals surface area contributed by atoms with Crippen LogP contribution >= 0.6 is 12.2 Å². The Morgan fingerprint density at radius 3 is 2.32 bits per heavy atom. The SMILES string of the molecule is COc1c(F)c(F)c(C(=O)NC(=S)Nc2cccc3cccnc23)c(F)c1F. The van der Waals surface area contributed by atoms with Gasteiger partial charge >= 0.3 is 0 Å². The van der Waals surface area contributed by atoms with E-state index in [1.807, 2.05) is 5.32 Å². The first-order valence-electron chi connectivity index (χ1n) is 7.71. The maximum absolute atomic E-state index is 14.0. The number of fused-ring (bicyclic) bond motifs is 1. The van der Waals surface area contributed by atoms with Crippen LogP contribution in [0.2, 0.25) is 0 Å². The maximum atomic E-state index is 14.0. The second-order valence-electron chi connectivity index (χ2n) is 5.45. The Morgan fingerprint density at radius 2 is 1.68 bits per heavy atom. The summed E-state index contributed by atoms with van der Waals surface area (Å²) < 4.78 is 59.9. The lowest BCUT2D eigenvalue weighted by atomic mass is 10.1. The van der Waals surface area contributed by atoms with Gasteiger partial charge in [-0.15, -0.1) is 0 Å². The first-order chi connectivity index (χ1) is 13.3. The van der Waals surface area contributed by atoms with Crippen molar-refractivity contribution in [2.75, 3.05) is 12.4 Å². The molecule has 10 heteroatoms. The number of benzene rings is 2. The van der Waals surface area contributed by atoms with Gasteiger partial charge in [0, 0.05) is 11.6 Å². The third-order valence-corrected chi connectivity index (χ3v) is 3.97. The maximum Gasteiger partial charge on any atom is 0.263 e. The molecule has 1 amide bonds. The van der Waals surface area contributed by atoms with E-state index in [2.05, 4.69) is 15.0 Å². The molecule has 2 aromatic carbocycles. The van der Waals surface area contributed by atoms with E-state index in [4.69, 9.17) is 12.2 Å². The third kappa shape index (κ3) is 3.46. The highest BCUT2D eigenvalue weighted by Gasteiger charge is 2.30. The first kappa shape index (κ1) is 19.5. The van der Waals surface area contributed by atoms with Gasteiger partial charge in [0.05, 0.1) is 18.3 Å².